The summed E-state index contributed by atoms with van der Waals surface area (Å²) in [5, 5.41) is 0. The Kier molecular flexibility index (Phi) is 52.8. The molecule has 34 nitrogen and oxygen atoms in total. The molecule has 0 aliphatic carbocycles. The summed E-state index contributed by atoms with van der Waals surface area (Å²) >= 11 is 0. The van der Waals surface area contributed by atoms with E-state index < -0.39 is 238 Å². The summed E-state index contributed by atoms with van der Waals surface area (Å²) in [5.74, 6) is -10.6. The van der Waals surface area contributed by atoms with Crippen LogP contribution in [0.1, 0.15) is 374 Å². The van der Waals surface area contributed by atoms with Crippen molar-refractivity contribution < 1.29 is 162 Å². The molecule has 6 aliphatic heterocycles. The molecule has 0 aromatic carbocycles. The minimum absolute atomic E-state index is 0.0280. The van der Waals surface area contributed by atoms with Gasteiger partial charge in [0.05, 0.1) is 30.5 Å². The number of fused-ring (bicyclic) bond motifs is 3. The fourth-order valence-electron chi connectivity index (χ4n) is 17.8. The van der Waals surface area contributed by atoms with Crippen molar-refractivity contribution in [1.29, 1.82) is 0 Å². The van der Waals surface area contributed by atoms with Crippen LogP contribution in [0.4, 0.5) is 0 Å². The maximum Gasteiger partial charge on any atom is 0.306 e. The third kappa shape index (κ3) is 40.0. The first kappa shape index (κ1) is 112. The fourth-order valence-corrected chi connectivity index (χ4v) is 17.8. The van der Waals surface area contributed by atoms with Gasteiger partial charge in [-0.2, -0.15) is 0 Å². The molecule has 746 valence electrons. The molecule has 6 rings (SSSR count). The highest BCUT2D eigenvalue weighted by Gasteiger charge is 2.62. The molecule has 6 fully saturated rings. The van der Waals surface area contributed by atoms with E-state index in [4.69, 9.17) is 104 Å². The quantitative estimate of drug-likeness (QED) is 0.0310. The molecule has 0 aromatic rings. The minimum Gasteiger partial charge on any atom is -0.463 e. The number of hydrogen-bond donors (Lipinski definition) is 0. The molecule has 26 atom stereocenters. The van der Waals surface area contributed by atoms with Crippen molar-refractivity contribution in [2.24, 2.45) is 0 Å². The third-order valence-electron chi connectivity index (χ3n) is 24.2. The summed E-state index contributed by atoms with van der Waals surface area (Å²) in [6.07, 6.45) is -7.75. The standard InChI is InChI=1S/C96H158O34/c1-17-20-23-25-27-29-31-33-35-37-41-45-50-55-74(106)124-78-60(5)111-93(87(119-69(14)103)83(78)117-67(12)101)128-80-62(7)113-95(90(126-76(108)57-52-46-42-38-36-34-32-30-28-26-24-21-18-2)85(80)129-96-89(121-71(16)105)86(118-68(13)102)81(115-65(10)99)73(123-96)58-109-63(8)97)127-79-61(6)112-94-88(120-70(15)104)84(79)125-75(107)56-51-47-43-39-40-44-49-54-72(53-48-22-19-3)122-92-91(130-94)82(116-66(11)100)77(59(4)110-92)114-64(9)98/h59-62,72-73,77-96H,17-58H2,1-16H3/t59-,60+,61+,62-,72+,73-,77+,78+,79+,80+,81-,82+,83-,84-,85-,86+,87-,88-,89-,90-,91-,92+,93+,94+,95+,96+/m1/s1. The Bertz CT molecular complexity index is 3370. The van der Waals surface area contributed by atoms with E-state index in [2.05, 4.69) is 20.8 Å². The molecular formula is C96H158O34. The molecule has 0 unspecified atom stereocenters. The van der Waals surface area contributed by atoms with Gasteiger partial charge in [-0.3, -0.25) is 57.5 Å². The maximum absolute atomic E-state index is 15.4. The Morgan fingerprint density at radius 3 is 1.10 bits per heavy atom. The molecule has 0 amide bonds. The summed E-state index contributed by atoms with van der Waals surface area (Å²) in [4.78, 5) is 165. The van der Waals surface area contributed by atoms with Gasteiger partial charge in [0, 0.05) is 81.6 Å². The van der Waals surface area contributed by atoms with Crippen molar-refractivity contribution in [3.8, 4) is 0 Å². The van der Waals surface area contributed by atoms with Crippen molar-refractivity contribution in [3.05, 3.63) is 0 Å². The topological polar surface area (TPSA) is 408 Å². The van der Waals surface area contributed by atoms with Crippen LogP contribution < -0.4 is 0 Å². The van der Waals surface area contributed by atoms with Crippen LogP contribution in [-0.2, 0) is 162 Å². The van der Waals surface area contributed by atoms with E-state index in [1.807, 2.05) is 0 Å². The zero-order valence-corrected chi connectivity index (χ0v) is 80.6. The van der Waals surface area contributed by atoms with Gasteiger partial charge in [0.15, 0.2) is 105 Å². The average Bonchev–Trinajstić information content (AvgIpc) is 0.758. The number of ether oxygens (including phenoxy) is 22. The lowest BCUT2D eigenvalue weighted by Gasteiger charge is -2.52. The van der Waals surface area contributed by atoms with Crippen LogP contribution in [-0.4, -0.2) is 238 Å². The Hall–Kier alpha value is -6.76. The lowest BCUT2D eigenvalue weighted by molar-refractivity contribution is -0.400. The highest BCUT2D eigenvalue weighted by molar-refractivity contribution is 5.72. The first-order chi connectivity index (χ1) is 62.2. The molecule has 0 saturated carbocycles. The van der Waals surface area contributed by atoms with E-state index >= 15 is 4.79 Å². The molecule has 130 heavy (non-hydrogen) atoms. The molecule has 0 N–H and O–H groups in total. The number of carbonyl (C=O) groups is 12. The van der Waals surface area contributed by atoms with E-state index in [0.29, 0.717) is 38.5 Å². The van der Waals surface area contributed by atoms with Crippen molar-refractivity contribution in [1.82, 2.24) is 0 Å². The molecule has 6 saturated heterocycles. The number of carbonyl (C=O) groups excluding carboxylic acids is 12. The Balaban J connectivity index is 1.54. The predicted molar refractivity (Wildman–Crippen MR) is 467 cm³/mol. The molecule has 6 aliphatic rings. The van der Waals surface area contributed by atoms with Crippen molar-refractivity contribution in [2.75, 3.05) is 6.61 Å². The molecule has 0 aromatic heterocycles. The van der Waals surface area contributed by atoms with E-state index in [9.17, 15) is 52.7 Å². The first-order valence-corrected chi connectivity index (χ1v) is 48.9. The minimum atomic E-state index is -2.12. The monoisotopic (exact) mass is 1860 g/mol. The Labute approximate surface area is 770 Å². The van der Waals surface area contributed by atoms with Crippen LogP contribution in [0.25, 0.3) is 0 Å². The molecule has 0 spiro atoms. The SMILES string of the molecule is CCCCCCCCCCCCCCCC(=O)O[C@@H]1[C@@H](OC(C)=O)[C@@H](OC(C)=O)[C@H](O[C@@H]2[C@@H](O[C@@H]3O[C@H](COC(C)=O)[C@@H](OC(C)=O)[C@H](OC(C)=O)[C@H]3OC(C)=O)[C@@H](OC(=O)CCCCCCCCCCCCCCC)[C@H](O[C@@H]3[C@H]4OC(=O)CCCCCCCCC[C@H](CCCCC)O[C@@H]5O[C@H](C)[C@H](OC(C)=O)[C@H](OC(C)=O)[C@H]5O[C@H](O[C@H]3C)[C@@H]4OC(C)=O)O[C@@H]2C)O[C@H]1C. The number of esters is 12. The van der Waals surface area contributed by atoms with Crippen LogP contribution in [0.2, 0.25) is 0 Å². The third-order valence-corrected chi connectivity index (χ3v) is 24.2. The molecule has 34 heteroatoms. The predicted octanol–water partition coefficient (Wildman–Crippen LogP) is 15.4. The van der Waals surface area contributed by atoms with Crippen LogP contribution in [0.5, 0.6) is 0 Å². The lowest BCUT2D eigenvalue weighted by Crippen LogP contribution is -2.69. The first-order valence-electron chi connectivity index (χ1n) is 48.9. The zero-order valence-electron chi connectivity index (χ0n) is 80.6. The highest BCUT2D eigenvalue weighted by Crippen LogP contribution is 2.43. The Morgan fingerprint density at radius 1 is 0.285 bits per heavy atom. The van der Waals surface area contributed by atoms with Crippen molar-refractivity contribution in [2.45, 2.75) is 534 Å². The Morgan fingerprint density at radius 2 is 0.623 bits per heavy atom. The molecular weight excluding hydrogens is 1700 g/mol. The van der Waals surface area contributed by atoms with Gasteiger partial charge in [-0.15, -0.1) is 0 Å². The van der Waals surface area contributed by atoms with Gasteiger partial charge in [-0.05, 0) is 59.8 Å². The van der Waals surface area contributed by atoms with Gasteiger partial charge in [0.1, 0.15) is 31.0 Å². The largest absolute Gasteiger partial charge is 0.463 e. The van der Waals surface area contributed by atoms with E-state index in [-0.39, 0.29) is 25.7 Å². The second kappa shape index (κ2) is 61.3. The van der Waals surface area contributed by atoms with Gasteiger partial charge in [0.2, 0.25) is 0 Å². The van der Waals surface area contributed by atoms with Crippen LogP contribution in [0, 0.1) is 0 Å². The summed E-state index contributed by atoms with van der Waals surface area (Å²) in [5.41, 5.74) is 0. The zero-order chi connectivity index (χ0) is 95.2. The summed E-state index contributed by atoms with van der Waals surface area (Å²) in [6.45, 7) is 21.6. The average molecular weight is 1860 g/mol. The number of unbranched alkanes of at least 4 members (excludes halogenated alkanes) is 26. The summed E-state index contributed by atoms with van der Waals surface area (Å²) < 4.78 is 142. The maximum atomic E-state index is 15.4. The normalized spacial score (nSPS) is 31.0. The smallest absolute Gasteiger partial charge is 0.306 e. The van der Waals surface area contributed by atoms with Crippen LogP contribution in [0.15, 0.2) is 0 Å². The second-order valence-electron chi connectivity index (χ2n) is 35.8. The molecule has 2 bridgehead atoms. The van der Waals surface area contributed by atoms with Gasteiger partial charge in [0.25, 0.3) is 0 Å². The van der Waals surface area contributed by atoms with Crippen molar-refractivity contribution >= 4 is 71.6 Å². The number of rotatable bonds is 50. The summed E-state index contributed by atoms with van der Waals surface area (Å²) in [6, 6.07) is 0. The molecule has 0 radical (unpaired) electrons. The summed E-state index contributed by atoms with van der Waals surface area (Å²) in [7, 11) is 0. The number of hydrogen-bond acceptors (Lipinski definition) is 34. The van der Waals surface area contributed by atoms with Gasteiger partial charge in [-0.25, -0.2) is 0 Å². The lowest BCUT2D eigenvalue weighted by atomic mass is 9.94. The van der Waals surface area contributed by atoms with E-state index in [1.54, 1.807) is 6.92 Å². The second-order valence-corrected chi connectivity index (χ2v) is 35.8. The van der Waals surface area contributed by atoms with Gasteiger partial charge in [-0.1, -0.05) is 233 Å². The van der Waals surface area contributed by atoms with E-state index in [0.717, 1.165) is 177 Å². The van der Waals surface area contributed by atoms with Crippen LogP contribution in [0.3, 0.4) is 0 Å². The fraction of sp³-hybridized carbons (Fsp3) is 0.875. The van der Waals surface area contributed by atoms with E-state index in [1.165, 1.54) is 105 Å². The van der Waals surface area contributed by atoms with Gasteiger partial charge < -0.3 is 104 Å². The highest BCUT2D eigenvalue weighted by atomic mass is 16.8. The molecule has 6 heterocycles. The van der Waals surface area contributed by atoms with Crippen molar-refractivity contribution in [3.63, 3.8) is 0 Å². The van der Waals surface area contributed by atoms with Gasteiger partial charge >= 0.3 is 71.6 Å². The van der Waals surface area contributed by atoms with Crippen LogP contribution >= 0.6 is 0 Å².